The van der Waals surface area contributed by atoms with Crippen molar-refractivity contribution in [1.29, 1.82) is 0 Å². The number of carbonyl (C=O) groups excluding carboxylic acids is 1. The van der Waals surface area contributed by atoms with E-state index in [-0.39, 0.29) is 9.79 Å². The molecule has 1 aliphatic rings. The van der Waals surface area contributed by atoms with Crippen LogP contribution in [-0.2, 0) is 20.0 Å². The molecule has 2 N–H and O–H groups in total. The Labute approximate surface area is 155 Å². The minimum Gasteiger partial charge on any atom is -0.337 e. The number of hydrogen-bond donors (Lipinski definition) is 2. The molecule has 10 heteroatoms. The van der Waals surface area contributed by atoms with Crippen LogP contribution in [0.5, 0.6) is 0 Å². The predicted octanol–water partition coefficient (Wildman–Crippen LogP) is 1.65. The third-order valence-corrected chi connectivity index (χ3v) is 7.39. The molecule has 0 aromatic heterocycles. The van der Waals surface area contributed by atoms with E-state index in [1.54, 1.807) is 0 Å². The molecule has 8 nitrogen and oxygen atoms in total. The molecule has 1 fully saturated rings. The summed E-state index contributed by atoms with van der Waals surface area (Å²) in [7, 11) is -7.68. The topological polar surface area (TPSA) is 113 Å². The Morgan fingerprint density at radius 1 is 1.00 bits per heavy atom. The van der Waals surface area contributed by atoms with Crippen LogP contribution in [0.15, 0.2) is 34.1 Å². The highest BCUT2D eigenvalue weighted by Crippen LogP contribution is 2.21. The van der Waals surface area contributed by atoms with Gasteiger partial charge in [0.1, 0.15) is 0 Å². The average molecular weight is 404 g/mol. The Hall–Kier alpha value is -1.65. The summed E-state index contributed by atoms with van der Waals surface area (Å²) in [6.45, 7) is 3.28. The van der Waals surface area contributed by atoms with E-state index in [4.69, 9.17) is 0 Å². The average Bonchev–Trinajstić information content (AvgIpc) is 2.62. The lowest BCUT2D eigenvalue weighted by atomic mass is 10.2. The summed E-state index contributed by atoms with van der Waals surface area (Å²) in [4.78, 5) is 11.5. The molecule has 26 heavy (non-hydrogen) atoms. The third kappa shape index (κ3) is 5.18. The van der Waals surface area contributed by atoms with Crippen molar-refractivity contribution in [1.82, 2.24) is 14.3 Å². The number of unbranched alkanes of at least 4 members (excludes halogenated alkanes) is 1. The smallest absolute Gasteiger partial charge is 0.328 e. The minimum absolute atomic E-state index is 0.0470. The number of piperidine rings is 1. The van der Waals surface area contributed by atoms with Gasteiger partial charge in [-0.05, 0) is 43.5 Å². The lowest BCUT2D eigenvalue weighted by Crippen LogP contribution is -2.39. The highest BCUT2D eigenvalue weighted by molar-refractivity contribution is 7.90. The fourth-order valence-corrected chi connectivity index (χ4v) is 5.09. The number of sulfonamides is 2. The summed E-state index contributed by atoms with van der Waals surface area (Å²) in [5.41, 5.74) is 0. The second kappa shape index (κ2) is 8.83. The minimum atomic E-state index is -4.05. The van der Waals surface area contributed by atoms with Gasteiger partial charge < -0.3 is 5.32 Å². The van der Waals surface area contributed by atoms with Crippen LogP contribution < -0.4 is 10.0 Å². The van der Waals surface area contributed by atoms with Crippen molar-refractivity contribution in [3.8, 4) is 0 Å². The quantitative estimate of drug-likeness (QED) is 0.672. The van der Waals surface area contributed by atoms with Crippen LogP contribution in [0.2, 0.25) is 0 Å². The van der Waals surface area contributed by atoms with Crippen LogP contribution in [-0.4, -0.2) is 46.8 Å². The summed E-state index contributed by atoms with van der Waals surface area (Å²) in [5, 5.41) is 2.46. The van der Waals surface area contributed by atoms with Gasteiger partial charge in [0.05, 0.1) is 9.79 Å². The van der Waals surface area contributed by atoms with Gasteiger partial charge in [0.15, 0.2) is 0 Å². The monoisotopic (exact) mass is 403 g/mol. The molecule has 0 unspecified atom stereocenters. The Bertz CT molecular complexity index is 814. The molecule has 1 aromatic rings. The van der Waals surface area contributed by atoms with Gasteiger partial charge in [-0.3, -0.25) is 0 Å². The van der Waals surface area contributed by atoms with Gasteiger partial charge in [-0.2, -0.15) is 4.31 Å². The Morgan fingerprint density at radius 2 is 1.58 bits per heavy atom. The molecule has 1 aromatic carbocycles. The van der Waals surface area contributed by atoms with E-state index in [9.17, 15) is 21.6 Å². The highest BCUT2D eigenvalue weighted by Gasteiger charge is 2.26. The molecule has 146 valence electrons. The van der Waals surface area contributed by atoms with Crippen molar-refractivity contribution in [2.24, 2.45) is 0 Å². The van der Waals surface area contributed by atoms with E-state index in [1.165, 1.54) is 28.6 Å². The maximum absolute atomic E-state index is 12.6. The van der Waals surface area contributed by atoms with E-state index in [0.29, 0.717) is 19.6 Å². The van der Waals surface area contributed by atoms with Crippen LogP contribution in [0.25, 0.3) is 0 Å². The number of nitrogens with zero attached hydrogens (tertiary/aromatic N) is 1. The van der Waals surface area contributed by atoms with Crippen LogP contribution >= 0.6 is 0 Å². The molecule has 0 saturated carbocycles. The summed E-state index contributed by atoms with van der Waals surface area (Å²) in [6, 6.07) is 4.10. The number of hydrogen-bond acceptors (Lipinski definition) is 5. The molecule has 0 atom stereocenters. The zero-order valence-corrected chi connectivity index (χ0v) is 16.4. The number of nitrogens with one attached hydrogen (secondary N) is 2. The number of benzene rings is 1. The summed E-state index contributed by atoms with van der Waals surface area (Å²) in [6.07, 6.45) is 4.28. The van der Waals surface area contributed by atoms with Crippen molar-refractivity contribution in [2.75, 3.05) is 19.6 Å². The first-order valence-corrected chi connectivity index (χ1v) is 11.6. The number of carbonyl (C=O) groups is 1. The Morgan fingerprint density at radius 3 is 2.15 bits per heavy atom. The van der Waals surface area contributed by atoms with E-state index in [0.717, 1.165) is 32.1 Å². The number of rotatable bonds is 7. The fraction of sp³-hybridized carbons (Fsp3) is 0.562. The first kappa shape index (κ1) is 20.7. The Kier molecular flexibility index (Phi) is 7.01. The zero-order chi connectivity index (χ0) is 19.2. The SMILES string of the molecule is CCCCNC(=O)NS(=O)(=O)c1ccc(S(=O)(=O)N2CCCCC2)cc1. The van der Waals surface area contributed by atoms with Crippen LogP contribution in [0.3, 0.4) is 0 Å². The van der Waals surface area contributed by atoms with Gasteiger partial charge in [0.2, 0.25) is 10.0 Å². The zero-order valence-electron chi connectivity index (χ0n) is 14.8. The third-order valence-electron chi connectivity index (χ3n) is 4.13. The maximum atomic E-state index is 12.6. The lowest BCUT2D eigenvalue weighted by Gasteiger charge is -2.25. The van der Waals surface area contributed by atoms with E-state index in [2.05, 4.69) is 5.32 Å². The lowest BCUT2D eigenvalue weighted by molar-refractivity contribution is 0.245. The predicted molar refractivity (Wildman–Crippen MR) is 97.7 cm³/mol. The largest absolute Gasteiger partial charge is 0.337 e. The number of amides is 2. The maximum Gasteiger partial charge on any atom is 0.328 e. The summed E-state index contributed by atoms with van der Waals surface area (Å²) >= 11 is 0. The molecule has 0 radical (unpaired) electrons. The molecule has 0 aliphatic carbocycles. The highest BCUT2D eigenvalue weighted by atomic mass is 32.2. The second-order valence-corrected chi connectivity index (χ2v) is 9.77. The molecule has 0 spiro atoms. The van der Waals surface area contributed by atoms with E-state index in [1.807, 2.05) is 11.6 Å². The van der Waals surface area contributed by atoms with Crippen molar-refractivity contribution < 1.29 is 21.6 Å². The summed E-state index contributed by atoms with van der Waals surface area (Å²) in [5.74, 6) is 0. The van der Waals surface area contributed by atoms with Crippen LogP contribution in [0.4, 0.5) is 4.79 Å². The normalized spacial score (nSPS) is 16.2. The molecule has 0 bridgehead atoms. The van der Waals surface area contributed by atoms with Crippen molar-refractivity contribution in [2.45, 2.75) is 48.8 Å². The van der Waals surface area contributed by atoms with Crippen molar-refractivity contribution in [3.05, 3.63) is 24.3 Å². The molecule has 2 amide bonds. The van der Waals surface area contributed by atoms with Crippen molar-refractivity contribution in [3.63, 3.8) is 0 Å². The molecular formula is C16H25N3O5S2. The van der Waals surface area contributed by atoms with E-state index >= 15 is 0 Å². The first-order valence-electron chi connectivity index (χ1n) is 8.68. The standard InChI is InChI=1S/C16H25N3O5S2/c1-2-3-11-17-16(20)18-25(21,22)14-7-9-15(10-8-14)26(23,24)19-12-5-4-6-13-19/h7-10H,2-6,11-13H2,1H3,(H2,17,18,20). The van der Waals surface area contributed by atoms with Gasteiger partial charge in [-0.1, -0.05) is 19.8 Å². The Balaban J connectivity index is 2.09. The molecule has 1 aliphatic heterocycles. The summed E-state index contributed by atoms with van der Waals surface area (Å²) < 4.78 is 52.9. The first-order chi connectivity index (χ1) is 12.3. The van der Waals surface area contributed by atoms with Crippen LogP contribution in [0.1, 0.15) is 39.0 Å². The van der Waals surface area contributed by atoms with E-state index < -0.39 is 26.1 Å². The van der Waals surface area contributed by atoms with Gasteiger partial charge in [-0.15, -0.1) is 0 Å². The van der Waals surface area contributed by atoms with Gasteiger partial charge in [0.25, 0.3) is 10.0 Å². The molecule has 2 rings (SSSR count). The molecule has 1 saturated heterocycles. The van der Waals surface area contributed by atoms with Gasteiger partial charge >= 0.3 is 6.03 Å². The second-order valence-electron chi connectivity index (χ2n) is 6.15. The fourth-order valence-electron chi connectivity index (χ4n) is 2.64. The van der Waals surface area contributed by atoms with Crippen molar-refractivity contribution >= 4 is 26.1 Å². The van der Waals surface area contributed by atoms with Gasteiger partial charge in [0, 0.05) is 19.6 Å². The molecule has 1 heterocycles. The number of urea groups is 1. The molecular weight excluding hydrogens is 378 g/mol. The van der Waals surface area contributed by atoms with Gasteiger partial charge in [-0.25, -0.2) is 26.4 Å². The van der Waals surface area contributed by atoms with Crippen LogP contribution in [0, 0.1) is 0 Å².